The first-order chi connectivity index (χ1) is 67.7. The highest BCUT2D eigenvalue weighted by molar-refractivity contribution is 6.42. The van der Waals surface area contributed by atoms with Crippen LogP contribution in [0.4, 0.5) is 17.6 Å². The van der Waals surface area contributed by atoms with Crippen molar-refractivity contribution in [2.45, 2.75) is 511 Å². The van der Waals surface area contributed by atoms with Crippen LogP contribution in [-0.4, -0.2) is 95.6 Å². The lowest BCUT2D eigenvalue weighted by Crippen LogP contribution is -2.44. The summed E-state index contributed by atoms with van der Waals surface area (Å²) in [5.74, 6) is -0.635. The van der Waals surface area contributed by atoms with Crippen LogP contribution in [0.5, 0.6) is 0 Å². The second-order valence-corrected chi connectivity index (χ2v) is 55.0. The minimum absolute atomic E-state index is 0.0424. The molecule has 0 radical (unpaired) electrons. The molecule has 7 aromatic carbocycles. The highest BCUT2D eigenvalue weighted by Gasteiger charge is 2.28. The zero-order valence-electron chi connectivity index (χ0n) is 104. The standard InChI is InChI=1S/C13H20FN.2C12H17Cl2N.C12H18ClN.C12H17F2N.C12H18FN.C12H19N.C11H18N2.C9H21N.C8H19N.C8H17N.C7H15N/c1-9-6-7-11(8-12(9)14)10(2)15-13(3,4)5;1-8(15-12(2,3)4)10-6-5-9(13)7-11(10)14;1-8(15-12(2,3)4)9-5-6-10(13)11(14)7-9;1-9(14-12(2,3)4)10-5-7-11(13)8-6-10;1-8(15-12(2,3)4)10-6-5-9(13)7-11(10)14;1-9(14-12(2,3)4)10-5-7-11(13)8-6-10;1-10(13-12(2,3)4)11-8-6-5-7-9-11;1-9(13-11(2,3)4)10-5-7-12-8-6-10;1-7(2)8(3)10-9(4,5)6;2*1-6-7(2)9-8(3,4)5;1-7(2,3)8-6-4-5-6/h6-8,10,15H,1-5H3;2*5-8,15H,1-4H3;5-9,14H,1-4H3;5-8,15H,1-4H3;5-9,14H,1-4H3;5-10,13H,1-4H3;5-9,13H,1-4H3;7-8,10H,1-6H3;7,9H,6H2,1-5H3;6-7,9H,1H2,2-5H3;6,8H,4-5H2,1-3H3. The molecule has 11 unspecified atom stereocenters. The third-order valence-electron chi connectivity index (χ3n) is 21.6. The van der Waals surface area contributed by atoms with Gasteiger partial charge in [-0.1, -0.05) is 170 Å². The summed E-state index contributed by atoms with van der Waals surface area (Å²) in [7, 11) is 0. The number of nitrogens with zero attached hydrogens (tertiary/aromatic N) is 1. The number of rotatable bonds is 23. The molecule has 0 saturated heterocycles. The number of nitrogens with one attached hydrogen (secondary N) is 12. The molecule has 12 N–H and O–H groups in total. The highest BCUT2D eigenvalue weighted by atomic mass is 35.5. The molecule has 0 spiro atoms. The molecule has 1 aromatic heterocycles. The normalized spacial score (nSPS) is 14.7. The van der Waals surface area contributed by atoms with Crippen molar-refractivity contribution in [3.63, 3.8) is 0 Å². The lowest BCUT2D eigenvalue weighted by Gasteiger charge is -2.28. The van der Waals surface area contributed by atoms with E-state index >= 15 is 0 Å². The number of pyridine rings is 1. The molecular formula is C128H216Cl5F4N13. The number of aromatic nitrogens is 1. The monoisotopic (exact) mass is 2190 g/mol. The molecule has 150 heavy (non-hydrogen) atoms. The van der Waals surface area contributed by atoms with E-state index in [0.717, 1.165) is 45.3 Å². The number of aryl methyl sites for hydroxylation is 1. The Hall–Kier alpha value is -5.88. The summed E-state index contributed by atoms with van der Waals surface area (Å²) in [4.78, 5) is 4.00. The van der Waals surface area contributed by atoms with E-state index in [1.54, 1.807) is 19.1 Å². The van der Waals surface area contributed by atoms with Crippen molar-refractivity contribution < 1.29 is 17.6 Å². The second kappa shape index (κ2) is 68.7. The summed E-state index contributed by atoms with van der Waals surface area (Å²) in [6.45, 7) is 113. The third-order valence-corrected chi connectivity index (χ3v) is 23.2. The van der Waals surface area contributed by atoms with Gasteiger partial charge >= 0.3 is 0 Å². The predicted octanol–water partition coefficient (Wildman–Crippen LogP) is 36.7. The third kappa shape index (κ3) is 82.6. The van der Waals surface area contributed by atoms with Gasteiger partial charge in [-0.15, -0.1) is 6.58 Å². The summed E-state index contributed by atoms with van der Waals surface area (Å²) in [5, 5.41) is 44.8. The highest BCUT2D eigenvalue weighted by Crippen LogP contribution is 2.32. The Bertz CT molecular complexity index is 4650. The Morgan fingerprint density at radius 2 is 0.613 bits per heavy atom. The molecular weight excluding hydrogens is 1970 g/mol. The molecule has 1 saturated carbocycles. The maximum absolute atomic E-state index is 13.4. The predicted molar refractivity (Wildman–Crippen MR) is 658 cm³/mol. The van der Waals surface area contributed by atoms with Gasteiger partial charge in [0.05, 0.1) is 10.0 Å². The minimum Gasteiger partial charge on any atom is -0.310 e. The fourth-order valence-corrected chi connectivity index (χ4v) is 16.4. The molecule has 856 valence electrons. The van der Waals surface area contributed by atoms with Crippen molar-refractivity contribution in [2.24, 2.45) is 5.92 Å². The molecule has 22 heteroatoms. The Balaban J connectivity index is -0.00000158. The van der Waals surface area contributed by atoms with Crippen molar-refractivity contribution in [1.82, 2.24) is 68.8 Å². The first-order valence-corrected chi connectivity index (χ1v) is 56.1. The summed E-state index contributed by atoms with van der Waals surface area (Å²) in [6.07, 6.45) is 9.55. The molecule has 1 aliphatic carbocycles. The van der Waals surface area contributed by atoms with Gasteiger partial charge in [-0.3, -0.25) is 4.98 Å². The Labute approximate surface area is 942 Å². The zero-order chi connectivity index (χ0) is 117. The molecule has 1 heterocycles. The average molecular weight is 2190 g/mol. The molecule has 0 amide bonds. The first kappa shape index (κ1) is 148. The smallest absolute Gasteiger partial charge is 0.130 e. The maximum atomic E-state index is 13.4. The molecule has 13 nitrogen and oxygen atoms in total. The van der Waals surface area contributed by atoms with Crippen LogP contribution in [-0.2, 0) is 0 Å². The van der Waals surface area contributed by atoms with Gasteiger partial charge in [0.25, 0.3) is 0 Å². The van der Waals surface area contributed by atoms with Gasteiger partial charge in [-0.25, -0.2) is 17.6 Å². The number of halogens is 9. The van der Waals surface area contributed by atoms with Gasteiger partial charge in [0.15, 0.2) is 0 Å². The van der Waals surface area contributed by atoms with E-state index in [4.69, 9.17) is 58.0 Å². The van der Waals surface area contributed by atoms with Gasteiger partial charge in [-0.05, 0) is 475 Å². The Morgan fingerprint density at radius 1 is 0.300 bits per heavy atom. The summed E-state index contributed by atoms with van der Waals surface area (Å²) < 4.78 is 52.1. The molecule has 11 atom stereocenters. The van der Waals surface area contributed by atoms with E-state index in [2.05, 4.69) is 430 Å². The van der Waals surface area contributed by atoms with Crippen LogP contribution in [0.15, 0.2) is 189 Å². The average Bonchev–Trinajstić information content (AvgIpc) is 1.15. The Morgan fingerprint density at radius 3 is 0.913 bits per heavy atom. The van der Waals surface area contributed by atoms with Crippen molar-refractivity contribution >= 4 is 58.0 Å². The SMILES string of the molecule is C=CC(C)NC(C)(C)C.CC(C)(C)NC1CC1.CC(C)C(C)NC(C)(C)C.CC(NC(C)(C)C)c1ccc(Cl)c(Cl)c1.CC(NC(C)(C)C)c1ccc(Cl)cc1.CC(NC(C)(C)C)c1ccc(Cl)cc1Cl.CC(NC(C)(C)C)c1ccc(F)cc1.CC(NC(C)(C)C)c1ccc(F)cc1F.CC(NC(C)(C)C)c1ccccc1.CC(NC(C)(C)C)c1ccncc1.CCC(C)NC(C)(C)C.Cc1ccc(C(C)NC(C)(C)C)cc1F. The van der Waals surface area contributed by atoms with Crippen LogP contribution < -0.4 is 63.8 Å². The van der Waals surface area contributed by atoms with Crippen molar-refractivity contribution in [2.75, 3.05) is 0 Å². The summed E-state index contributed by atoms with van der Waals surface area (Å²) in [5.41, 5.74) is 11.1. The molecule has 1 fully saturated rings. The van der Waals surface area contributed by atoms with Gasteiger partial charge in [0.1, 0.15) is 23.3 Å². The van der Waals surface area contributed by atoms with E-state index in [1.165, 1.54) is 60.2 Å². The zero-order valence-corrected chi connectivity index (χ0v) is 107. The van der Waals surface area contributed by atoms with E-state index < -0.39 is 11.6 Å². The fourth-order valence-electron chi connectivity index (χ4n) is 15.4. The molecule has 0 aliphatic heterocycles. The van der Waals surface area contributed by atoms with Gasteiger partial charge in [-0.2, -0.15) is 0 Å². The lowest BCUT2D eigenvalue weighted by molar-refractivity contribution is 0.320. The van der Waals surface area contributed by atoms with Crippen molar-refractivity contribution in [3.05, 3.63) is 287 Å². The number of hydrogen-bond acceptors (Lipinski definition) is 13. The molecule has 0 bridgehead atoms. The van der Waals surface area contributed by atoms with Crippen LogP contribution in [0.2, 0.25) is 25.1 Å². The summed E-state index contributed by atoms with van der Waals surface area (Å²) >= 11 is 29.6. The molecule has 1 aliphatic rings. The van der Waals surface area contributed by atoms with E-state index in [0.29, 0.717) is 73.0 Å². The van der Waals surface area contributed by atoms with Crippen LogP contribution in [0, 0.1) is 36.1 Å². The van der Waals surface area contributed by atoms with Crippen molar-refractivity contribution in [3.8, 4) is 0 Å². The van der Waals surface area contributed by atoms with Gasteiger partial charge < -0.3 is 63.8 Å². The van der Waals surface area contributed by atoms with Gasteiger partial charge in [0, 0.05) is 178 Å². The first-order valence-electron chi connectivity index (χ1n) is 54.3. The van der Waals surface area contributed by atoms with Crippen LogP contribution >= 0.6 is 58.0 Å². The lowest BCUT2D eigenvalue weighted by atomic mass is 10.0. The van der Waals surface area contributed by atoms with E-state index in [-0.39, 0.29) is 103 Å². The molecule has 9 rings (SSSR count). The largest absolute Gasteiger partial charge is 0.310 e. The van der Waals surface area contributed by atoms with E-state index in [9.17, 15) is 17.6 Å². The van der Waals surface area contributed by atoms with E-state index in [1.807, 2.05) is 131 Å². The fraction of sp³-hybridized carbons (Fsp3) is 0.617. The van der Waals surface area contributed by atoms with Crippen LogP contribution in [0.3, 0.4) is 0 Å². The van der Waals surface area contributed by atoms with Crippen LogP contribution in [0.1, 0.15) is 464 Å². The number of benzene rings is 7. The van der Waals surface area contributed by atoms with Gasteiger partial charge in [0.2, 0.25) is 0 Å². The van der Waals surface area contributed by atoms with Crippen LogP contribution in [0.25, 0.3) is 0 Å². The number of hydrogen-bond donors (Lipinski definition) is 12. The second-order valence-electron chi connectivity index (χ2n) is 53.0. The maximum Gasteiger partial charge on any atom is 0.130 e. The summed E-state index contributed by atoms with van der Waals surface area (Å²) in [6, 6.07) is 54.1. The topological polar surface area (TPSA) is 157 Å². The minimum atomic E-state index is -0.542. The molecule has 8 aromatic rings. The Kier molecular flexibility index (Phi) is 67.9. The quantitative estimate of drug-likeness (QED) is 0.0217. The van der Waals surface area contributed by atoms with Crippen molar-refractivity contribution in [1.29, 1.82) is 0 Å².